The third-order valence-electron chi connectivity index (χ3n) is 2.79. The zero-order valence-electron chi connectivity index (χ0n) is 11.9. The first kappa shape index (κ1) is 15.2. The molecule has 0 fully saturated rings. The molecule has 1 amide bonds. The minimum atomic E-state index is -0.150. The maximum atomic E-state index is 12.1. The lowest BCUT2D eigenvalue weighted by Crippen LogP contribution is -2.11. The number of nitrogens with zero attached hydrogens (tertiary/aromatic N) is 1. The molecule has 0 aliphatic heterocycles. The lowest BCUT2D eigenvalue weighted by Gasteiger charge is -2.07. The van der Waals surface area contributed by atoms with Crippen LogP contribution in [-0.2, 0) is 0 Å². The Morgan fingerprint density at radius 3 is 2.86 bits per heavy atom. The summed E-state index contributed by atoms with van der Waals surface area (Å²) in [5.74, 6) is 5.69. The van der Waals surface area contributed by atoms with Crippen LogP contribution in [0.1, 0.15) is 32.2 Å². The van der Waals surface area contributed by atoms with Crippen LogP contribution < -0.4 is 5.32 Å². The predicted molar refractivity (Wildman–Crippen MR) is 84.6 cm³/mol. The molecule has 1 aromatic carbocycles. The number of nitrogens with one attached hydrogen (secondary N) is 1. The highest BCUT2D eigenvalue weighted by atomic mass is 32.1. The molecule has 0 spiro atoms. The smallest absolute Gasteiger partial charge is 0.267 e. The van der Waals surface area contributed by atoms with Gasteiger partial charge in [0.25, 0.3) is 5.91 Å². The molecule has 2 N–H and O–H groups in total. The number of rotatable bonds is 3. The van der Waals surface area contributed by atoms with E-state index in [0.717, 1.165) is 21.8 Å². The normalized spacial score (nSPS) is 9.86. The monoisotopic (exact) mass is 300 g/mol. The molecule has 108 valence electrons. The molecular weight excluding hydrogens is 284 g/mol. The number of thiazole rings is 1. The maximum absolute atomic E-state index is 12.1. The largest absolute Gasteiger partial charge is 0.395 e. The summed E-state index contributed by atoms with van der Waals surface area (Å²) in [5.41, 5.74) is 2.58. The Labute approximate surface area is 127 Å². The molecule has 0 unspecified atom stereocenters. The van der Waals surface area contributed by atoms with E-state index in [4.69, 9.17) is 5.11 Å². The molecule has 0 saturated heterocycles. The van der Waals surface area contributed by atoms with E-state index in [2.05, 4.69) is 22.1 Å². The van der Waals surface area contributed by atoms with Gasteiger partial charge in [0.1, 0.15) is 4.88 Å². The van der Waals surface area contributed by atoms with Crippen LogP contribution in [0.2, 0.25) is 0 Å². The number of aliphatic hydroxyl groups is 1. The van der Waals surface area contributed by atoms with E-state index in [9.17, 15) is 4.79 Å². The summed E-state index contributed by atoms with van der Waals surface area (Å²) in [6.45, 7) is 3.85. The molecule has 0 bridgehead atoms. The Bertz CT molecular complexity index is 711. The predicted octanol–water partition coefficient (Wildman–Crippen LogP) is 2.75. The van der Waals surface area contributed by atoms with E-state index in [-0.39, 0.29) is 12.5 Å². The SMILES string of the molecule is Cc1ncc(C(=O)Nc2ccc(C#CCCO)cc2C)s1. The van der Waals surface area contributed by atoms with E-state index in [1.54, 1.807) is 6.20 Å². The number of hydrogen-bond donors (Lipinski definition) is 2. The minimum Gasteiger partial charge on any atom is -0.395 e. The molecule has 1 heterocycles. The Kier molecular flexibility index (Phi) is 5.09. The van der Waals surface area contributed by atoms with Crippen LogP contribution in [0.4, 0.5) is 5.69 Å². The lowest BCUT2D eigenvalue weighted by atomic mass is 10.1. The second-order valence-electron chi connectivity index (χ2n) is 4.50. The summed E-state index contributed by atoms with van der Waals surface area (Å²) in [5, 5.41) is 12.4. The van der Waals surface area contributed by atoms with Crippen LogP contribution >= 0.6 is 11.3 Å². The molecule has 0 atom stereocenters. The van der Waals surface area contributed by atoms with Crippen LogP contribution in [0.3, 0.4) is 0 Å². The number of hydrogen-bond acceptors (Lipinski definition) is 4. The standard InChI is InChI=1S/C16H16N2O2S/c1-11-9-13(5-3-4-8-19)6-7-14(11)18-16(20)15-10-17-12(2)21-15/h6-7,9-10,19H,4,8H2,1-2H3,(H,18,20). The molecule has 21 heavy (non-hydrogen) atoms. The van der Waals surface area contributed by atoms with Crippen LogP contribution in [0.25, 0.3) is 0 Å². The van der Waals surface area contributed by atoms with Gasteiger partial charge in [-0.2, -0.15) is 0 Å². The van der Waals surface area contributed by atoms with Gasteiger partial charge in [-0.25, -0.2) is 4.98 Å². The van der Waals surface area contributed by atoms with Crippen molar-refractivity contribution in [2.24, 2.45) is 0 Å². The number of carbonyl (C=O) groups excluding carboxylic acids is 1. The first-order valence-corrected chi connectivity index (χ1v) is 7.36. The quantitative estimate of drug-likeness (QED) is 0.857. The van der Waals surface area contributed by atoms with Crippen molar-refractivity contribution in [3.8, 4) is 11.8 Å². The maximum Gasteiger partial charge on any atom is 0.267 e. The molecule has 1 aromatic heterocycles. The Morgan fingerprint density at radius 2 is 2.24 bits per heavy atom. The highest BCUT2D eigenvalue weighted by molar-refractivity contribution is 7.13. The average molecular weight is 300 g/mol. The topological polar surface area (TPSA) is 62.2 Å². The van der Waals surface area contributed by atoms with Crippen molar-refractivity contribution in [2.45, 2.75) is 20.3 Å². The molecule has 0 aliphatic carbocycles. The molecule has 2 rings (SSSR count). The number of amides is 1. The first-order valence-electron chi connectivity index (χ1n) is 6.54. The van der Waals surface area contributed by atoms with E-state index in [0.29, 0.717) is 11.3 Å². The number of aliphatic hydroxyl groups excluding tert-OH is 1. The molecular formula is C16H16N2O2S. The highest BCUT2D eigenvalue weighted by Gasteiger charge is 2.10. The first-order chi connectivity index (χ1) is 10.1. The van der Waals surface area contributed by atoms with Crippen molar-refractivity contribution in [3.05, 3.63) is 45.4 Å². The van der Waals surface area contributed by atoms with Crippen molar-refractivity contribution >= 4 is 22.9 Å². The summed E-state index contributed by atoms with van der Waals surface area (Å²) in [6, 6.07) is 5.60. The minimum absolute atomic E-state index is 0.0639. The fourth-order valence-corrected chi connectivity index (χ4v) is 2.43. The summed E-state index contributed by atoms with van der Waals surface area (Å²) in [7, 11) is 0. The fourth-order valence-electron chi connectivity index (χ4n) is 1.75. The zero-order chi connectivity index (χ0) is 15.2. The number of aryl methyl sites for hydroxylation is 2. The van der Waals surface area contributed by atoms with Gasteiger partial charge in [-0.1, -0.05) is 11.8 Å². The molecule has 5 heteroatoms. The molecule has 0 saturated carbocycles. The van der Waals surface area contributed by atoms with E-state index in [1.807, 2.05) is 32.0 Å². The Hall–Kier alpha value is -2.16. The Morgan fingerprint density at radius 1 is 1.43 bits per heavy atom. The third-order valence-corrected chi connectivity index (χ3v) is 3.70. The molecule has 0 radical (unpaired) electrons. The van der Waals surface area contributed by atoms with Crippen molar-refractivity contribution in [1.29, 1.82) is 0 Å². The van der Waals surface area contributed by atoms with Gasteiger partial charge in [0, 0.05) is 17.7 Å². The van der Waals surface area contributed by atoms with Gasteiger partial charge in [-0.05, 0) is 37.6 Å². The molecule has 4 nitrogen and oxygen atoms in total. The second-order valence-corrected chi connectivity index (χ2v) is 5.74. The molecule has 0 aliphatic rings. The van der Waals surface area contributed by atoms with E-state index < -0.39 is 0 Å². The Balaban J connectivity index is 2.11. The zero-order valence-corrected chi connectivity index (χ0v) is 12.8. The number of benzene rings is 1. The van der Waals surface area contributed by atoms with Gasteiger partial charge >= 0.3 is 0 Å². The molecule has 2 aromatic rings. The van der Waals surface area contributed by atoms with Crippen molar-refractivity contribution in [3.63, 3.8) is 0 Å². The lowest BCUT2D eigenvalue weighted by molar-refractivity contribution is 0.103. The number of aromatic nitrogens is 1. The summed E-state index contributed by atoms with van der Waals surface area (Å²) in [6.07, 6.45) is 2.04. The van der Waals surface area contributed by atoms with Crippen molar-refractivity contribution in [2.75, 3.05) is 11.9 Å². The van der Waals surface area contributed by atoms with E-state index >= 15 is 0 Å². The number of carbonyl (C=O) groups is 1. The van der Waals surface area contributed by atoms with Crippen LogP contribution in [0.5, 0.6) is 0 Å². The highest BCUT2D eigenvalue weighted by Crippen LogP contribution is 2.19. The average Bonchev–Trinajstić information content (AvgIpc) is 2.89. The van der Waals surface area contributed by atoms with Crippen LogP contribution in [-0.4, -0.2) is 22.6 Å². The van der Waals surface area contributed by atoms with Gasteiger partial charge in [-0.3, -0.25) is 4.79 Å². The van der Waals surface area contributed by atoms with Crippen LogP contribution in [0.15, 0.2) is 24.4 Å². The summed E-state index contributed by atoms with van der Waals surface area (Å²) >= 11 is 1.37. The van der Waals surface area contributed by atoms with Crippen molar-refractivity contribution < 1.29 is 9.90 Å². The van der Waals surface area contributed by atoms with Gasteiger partial charge in [0.05, 0.1) is 17.8 Å². The third kappa shape index (κ3) is 4.15. The van der Waals surface area contributed by atoms with Gasteiger partial charge in [-0.15, -0.1) is 11.3 Å². The fraction of sp³-hybridized carbons (Fsp3) is 0.250. The number of anilines is 1. The van der Waals surface area contributed by atoms with Crippen LogP contribution in [0, 0.1) is 25.7 Å². The van der Waals surface area contributed by atoms with Gasteiger partial charge in [0.2, 0.25) is 0 Å². The van der Waals surface area contributed by atoms with Gasteiger partial charge in [0.15, 0.2) is 0 Å². The van der Waals surface area contributed by atoms with E-state index in [1.165, 1.54) is 11.3 Å². The summed E-state index contributed by atoms with van der Waals surface area (Å²) in [4.78, 5) is 16.8. The van der Waals surface area contributed by atoms with Gasteiger partial charge < -0.3 is 10.4 Å². The second kappa shape index (κ2) is 7.02. The van der Waals surface area contributed by atoms with Crippen molar-refractivity contribution in [1.82, 2.24) is 4.98 Å². The summed E-state index contributed by atoms with van der Waals surface area (Å²) < 4.78 is 0.